The second kappa shape index (κ2) is 9.75. The minimum atomic E-state index is -0.329. The lowest BCUT2D eigenvalue weighted by molar-refractivity contribution is -0.130. The zero-order valence-electron chi connectivity index (χ0n) is 19.1. The molecule has 5 rings (SSSR count). The molecule has 0 aliphatic carbocycles. The Morgan fingerprint density at radius 1 is 1.11 bits per heavy atom. The molecule has 0 unspecified atom stereocenters. The first-order chi connectivity index (χ1) is 17.0. The molecular formula is C25H22FN5O3S. The largest absolute Gasteiger partial charge is 0.497 e. The molecule has 0 bridgehead atoms. The van der Waals surface area contributed by atoms with Crippen LogP contribution in [-0.4, -0.2) is 44.3 Å². The van der Waals surface area contributed by atoms with Gasteiger partial charge in [-0.15, -0.1) is 10.2 Å². The van der Waals surface area contributed by atoms with Crippen LogP contribution in [0.2, 0.25) is 0 Å². The smallest absolute Gasteiger partial charge is 0.253 e. The van der Waals surface area contributed by atoms with Gasteiger partial charge < -0.3 is 13.7 Å². The average Bonchev–Trinajstić information content (AvgIpc) is 3.63. The topological polar surface area (TPSA) is 85.8 Å². The number of rotatable bonds is 7. The second-order valence-corrected chi connectivity index (χ2v) is 8.85. The summed E-state index contributed by atoms with van der Waals surface area (Å²) in [5.74, 6) is 1.64. The fraction of sp³-hybridized carbons (Fsp3) is 0.200. The maximum atomic E-state index is 13.3. The van der Waals surface area contributed by atoms with Crippen molar-refractivity contribution in [3.05, 3.63) is 84.1 Å². The van der Waals surface area contributed by atoms with E-state index in [1.165, 1.54) is 28.9 Å². The first-order valence-corrected chi connectivity index (χ1v) is 11.9. The number of aromatic nitrogens is 3. The van der Waals surface area contributed by atoms with E-state index in [0.717, 1.165) is 22.6 Å². The molecule has 0 radical (unpaired) electrons. The molecule has 1 amide bonds. The number of thioether (sulfide) groups is 1. The lowest BCUT2D eigenvalue weighted by Gasteiger charge is -2.19. The van der Waals surface area contributed by atoms with Gasteiger partial charge in [-0.1, -0.05) is 11.8 Å². The van der Waals surface area contributed by atoms with Crippen LogP contribution in [0.15, 0.2) is 81.6 Å². The predicted octanol–water partition coefficient (Wildman–Crippen LogP) is 4.69. The molecule has 0 N–H and O–H groups in total. The van der Waals surface area contributed by atoms with E-state index in [1.807, 2.05) is 37.4 Å². The zero-order valence-corrected chi connectivity index (χ0v) is 19.9. The maximum Gasteiger partial charge on any atom is 0.253 e. The van der Waals surface area contributed by atoms with Gasteiger partial charge in [-0.25, -0.2) is 9.40 Å². The van der Waals surface area contributed by atoms with Crippen molar-refractivity contribution in [3.8, 4) is 17.1 Å². The van der Waals surface area contributed by atoms with E-state index < -0.39 is 0 Å². The molecule has 3 heterocycles. The van der Waals surface area contributed by atoms with Crippen LogP contribution in [0.25, 0.3) is 11.4 Å². The van der Waals surface area contributed by atoms with Gasteiger partial charge in [-0.05, 0) is 66.2 Å². The molecular weight excluding hydrogens is 469 g/mol. The van der Waals surface area contributed by atoms with Crippen LogP contribution >= 0.6 is 11.8 Å². The fourth-order valence-electron chi connectivity index (χ4n) is 3.88. The van der Waals surface area contributed by atoms with Crippen LogP contribution < -0.4 is 4.74 Å². The highest BCUT2D eigenvalue weighted by Crippen LogP contribution is 2.34. The van der Waals surface area contributed by atoms with Gasteiger partial charge in [-0.2, -0.15) is 5.10 Å². The summed E-state index contributed by atoms with van der Waals surface area (Å²) in [4.78, 5) is 13.3. The van der Waals surface area contributed by atoms with Crippen molar-refractivity contribution in [3.63, 3.8) is 0 Å². The van der Waals surface area contributed by atoms with Gasteiger partial charge in [0.2, 0.25) is 0 Å². The Hall–Kier alpha value is -3.92. The van der Waals surface area contributed by atoms with Crippen molar-refractivity contribution < 1.29 is 18.3 Å². The van der Waals surface area contributed by atoms with Gasteiger partial charge in [0.1, 0.15) is 23.4 Å². The van der Waals surface area contributed by atoms with Gasteiger partial charge in [0, 0.05) is 19.0 Å². The number of amides is 1. The number of methoxy groups -OCH3 is 1. The van der Waals surface area contributed by atoms with Gasteiger partial charge in [0.25, 0.3) is 5.91 Å². The van der Waals surface area contributed by atoms with E-state index in [9.17, 15) is 9.18 Å². The summed E-state index contributed by atoms with van der Waals surface area (Å²) in [6.07, 6.45) is 2.13. The van der Waals surface area contributed by atoms with Gasteiger partial charge >= 0.3 is 0 Å². The van der Waals surface area contributed by atoms with Crippen LogP contribution in [-0.2, 0) is 11.8 Å². The molecule has 2 aromatic heterocycles. The molecule has 4 aromatic rings. The third-order valence-corrected chi connectivity index (χ3v) is 6.73. The Bertz CT molecular complexity index is 1350. The van der Waals surface area contributed by atoms with Gasteiger partial charge in [0.05, 0.1) is 24.8 Å². The molecule has 1 atom stereocenters. The van der Waals surface area contributed by atoms with Crippen molar-refractivity contribution in [1.29, 1.82) is 0 Å². The molecule has 1 aliphatic heterocycles. The normalized spacial score (nSPS) is 15.3. The van der Waals surface area contributed by atoms with Gasteiger partial charge in [0.15, 0.2) is 11.0 Å². The maximum absolute atomic E-state index is 13.3. The highest BCUT2D eigenvalue weighted by molar-refractivity contribution is 7.99. The molecule has 1 aliphatic rings. The predicted molar refractivity (Wildman–Crippen MR) is 130 cm³/mol. The number of furan rings is 1. The number of benzene rings is 2. The number of carbonyl (C=O) groups excluding carboxylic acids is 1. The van der Waals surface area contributed by atoms with Crippen molar-refractivity contribution in [2.75, 3.05) is 12.9 Å². The zero-order chi connectivity index (χ0) is 24.4. The first kappa shape index (κ1) is 22.9. The third-order valence-electron chi connectivity index (χ3n) is 5.72. The molecule has 35 heavy (non-hydrogen) atoms. The Balaban J connectivity index is 1.34. The summed E-state index contributed by atoms with van der Waals surface area (Å²) in [5.41, 5.74) is 2.46. The van der Waals surface area contributed by atoms with E-state index in [-0.39, 0.29) is 23.5 Å². The molecule has 178 valence electrons. The van der Waals surface area contributed by atoms with Crippen molar-refractivity contribution >= 4 is 23.4 Å². The molecule has 0 fully saturated rings. The van der Waals surface area contributed by atoms with Crippen LogP contribution in [0.5, 0.6) is 5.75 Å². The number of ether oxygens (including phenoxy) is 1. The highest BCUT2D eigenvalue weighted by atomic mass is 32.2. The Morgan fingerprint density at radius 3 is 2.54 bits per heavy atom. The third kappa shape index (κ3) is 4.69. The minimum absolute atomic E-state index is 0.117. The Labute approximate surface area is 205 Å². The molecule has 8 nitrogen and oxygen atoms in total. The Kier molecular flexibility index (Phi) is 6.37. The number of hydrogen-bond donors (Lipinski definition) is 0. The van der Waals surface area contributed by atoms with Crippen LogP contribution in [0.1, 0.15) is 23.8 Å². The summed E-state index contributed by atoms with van der Waals surface area (Å²) in [5, 5.41) is 15.1. The minimum Gasteiger partial charge on any atom is -0.497 e. The number of nitrogens with zero attached hydrogens (tertiary/aromatic N) is 5. The molecule has 10 heteroatoms. The lowest BCUT2D eigenvalue weighted by atomic mass is 10.0. The molecule has 2 aromatic carbocycles. The van der Waals surface area contributed by atoms with E-state index in [1.54, 1.807) is 36.1 Å². The van der Waals surface area contributed by atoms with E-state index >= 15 is 0 Å². The lowest BCUT2D eigenvalue weighted by Crippen LogP contribution is -2.28. The number of hydrogen-bond acceptors (Lipinski definition) is 7. The SMILES string of the molecule is COc1ccc(C2=NN(C(=O)CSc3nnc(-c4ccc(F)cc4)n3C)[C@@H](c3ccco3)C2)cc1. The number of halogens is 1. The van der Waals surface area contributed by atoms with Crippen LogP contribution in [0, 0.1) is 5.82 Å². The Morgan fingerprint density at radius 2 is 1.86 bits per heavy atom. The standard InChI is InChI=1S/C25H22FN5O3S/c1-30-24(17-5-9-18(26)10-6-17)27-28-25(30)35-15-23(32)31-21(22-4-3-13-34-22)14-20(29-31)16-7-11-19(33-2)12-8-16/h3-13,21H,14-15H2,1-2H3/t21-/m1/s1. The van der Waals surface area contributed by atoms with Gasteiger partial charge in [-0.3, -0.25) is 4.79 Å². The van der Waals surface area contributed by atoms with E-state index in [2.05, 4.69) is 15.3 Å². The van der Waals surface area contributed by atoms with Crippen molar-refractivity contribution in [2.24, 2.45) is 12.1 Å². The number of hydrazone groups is 1. The van der Waals surface area contributed by atoms with E-state index in [4.69, 9.17) is 9.15 Å². The summed E-state index contributed by atoms with van der Waals surface area (Å²) in [6, 6.07) is 17.0. The quantitative estimate of drug-likeness (QED) is 0.349. The monoisotopic (exact) mass is 491 g/mol. The highest BCUT2D eigenvalue weighted by Gasteiger charge is 2.35. The summed E-state index contributed by atoms with van der Waals surface area (Å²) >= 11 is 1.27. The fourth-order valence-corrected chi connectivity index (χ4v) is 4.65. The van der Waals surface area contributed by atoms with Crippen LogP contribution in [0.3, 0.4) is 0 Å². The van der Waals surface area contributed by atoms with E-state index in [0.29, 0.717) is 23.2 Å². The number of carbonyl (C=O) groups is 1. The molecule has 0 saturated carbocycles. The molecule has 0 saturated heterocycles. The molecule has 0 spiro atoms. The first-order valence-electron chi connectivity index (χ1n) is 10.9. The van der Waals surface area contributed by atoms with Crippen molar-refractivity contribution in [2.45, 2.75) is 17.6 Å². The average molecular weight is 492 g/mol. The van der Waals surface area contributed by atoms with Crippen LogP contribution in [0.4, 0.5) is 4.39 Å². The second-order valence-electron chi connectivity index (χ2n) is 7.91. The summed E-state index contributed by atoms with van der Waals surface area (Å²) in [7, 11) is 3.43. The summed E-state index contributed by atoms with van der Waals surface area (Å²) < 4.78 is 25.9. The van der Waals surface area contributed by atoms with Crippen molar-refractivity contribution in [1.82, 2.24) is 19.8 Å². The summed E-state index contributed by atoms with van der Waals surface area (Å²) in [6.45, 7) is 0.